The van der Waals surface area contributed by atoms with Crippen LogP contribution in [0.4, 0.5) is 26.0 Å². The van der Waals surface area contributed by atoms with E-state index in [1.54, 1.807) is 25.7 Å². The molecule has 1 aliphatic heterocycles. The molecule has 0 bridgehead atoms. The van der Waals surface area contributed by atoms with E-state index in [1.807, 2.05) is 48.6 Å². The minimum absolute atomic E-state index is 0.0700. The number of hydrogen-bond acceptors (Lipinski definition) is 6. The molecular weight excluding hydrogens is 508 g/mol. The van der Waals surface area contributed by atoms with Crippen molar-refractivity contribution in [1.29, 1.82) is 0 Å². The van der Waals surface area contributed by atoms with Gasteiger partial charge in [-0.1, -0.05) is 24.3 Å². The number of aliphatic imine (C=N–C) groups is 1. The fourth-order valence-corrected chi connectivity index (χ4v) is 5.37. The second-order valence-corrected chi connectivity index (χ2v) is 10.2. The Morgan fingerprint density at radius 3 is 2.55 bits per heavy atom. The SMILES string of the molecule is COc1cnc(C2=CC(Cc3c(F)cc(C4CC4)cc3F)C3=Nc4ccccc4C3=C2)nc1Nc1ccncc1. The molecule has 40 heavy (non-hydrogen) atoms. The van der Waals surface area contributed by atoms with Crippen molar-refractivity contribution in [3.63, 3.8) is 0 Å². The van der Waals surface area contributed by atoms with Gasteiger partial charge in [-0.2, -0.15) is 0 Å². The van der Waals surface area contributed by atoms with Crippen LogP contribution in [0.5, 0.6) is 5.75 Å². The number of nitrogens with one attached hydrogen (secondary N) is 1. The van der Waals surface area contributed by atoms with Crippen LogP contribution in [-0.4, -0.2) is 27.8 Å². The predicted molar refractivity (Wildman–Crippen MR) is 151 cm³/mol. The monoisotopic (exact) mass is 533 g/mol. The lowest BCUT2D eigenvalue weighted by Gasteiger charge is -2.22. The van der Waals surface area contributed by atoms with E-state index in [0.29, 0.717) is 17.4 Å². The summed E-state index contributed by atoms with van der Waals surface area (Å²) in [4.78, 5) is 18.3. The summed E-state index contributed by atoms with van der Waals surface area (Å²) >= 11 is 0. The normalized spacial score (nSPS) is 17.4. The minimum Gasteiger partial charge on any atom is -0.491 e. The lowest BCUT2D eigenvalue weighted by molar-refractivity contribution is 0.413. The van der Waals surface area contributed by atoms with Gasteiger partial charge in [0.15, 0.2) is 17.4 Å². The van der Waals surface area contributed by atoms with Crippen molar-refractivity contribution >= 4 is 34.1 Å². The number of ether oxygens (including phenoxy) is 1. The number of aromatic nitrogens is 3. The van der Waals surface area contributed by atoms with Gasteiger partial charge in [0.25, 0.3) is 0 Å². The molecule has 0 spiro atoms. The van der Waals surface area contributed by atoms with Gasteiger partial charge in [-0.3, -0.25) is 9.98 Å². The Labute approximate surface area is 230 Å². The number of pyridine rings is 1. The number of nitrogens with zero attached hydrogens (tertiary/aromatic N) is 4. The fourth-order valence-electron chi connectivity index (χ4n) is 5.37. The lowest BCUT2D eigenvalue weighted by Crippen LogP contribution is -2.20. The molecule has 1 N–H and O–H groups in total. The molecule has 1 atom stereocenters. The number of para-hydroxylation sites is 1. The molecular formula is C32H25F2N5O. The van der Waals surface area contributed by atoms with Gasteiger partial charge >= 0.3 is 0 Å². The van der Waals surface area contributed by atoms with Crippen LogP contribution in [0.3, 0.4) is 0 Å². The molecule has 6 nitrogen and oxygen atoms in total. The molecule has 8 heteroatoms. The Kier molecular flexibility index (Phi) is 5.95. The largest absolute Gasteiger partial charge is 0.491 e. The Balaban J connectivity index is 1.30. The third-order valence-electron chi connectivity index (χ3n) is 7.56. The van der Waals surface area contributed by atoms with Crippen LogP contribution in [0, 0.1) is 17.6 Å². The quantitative estimate of drug-likeness (QED) is 0.272. The maximum Gasteiger partial charge on any atom is 0.179 e. The van der Waals surface area contributed by atoms with Gasteiger partial charge in [0.1, 0.15) is 11.6 Å². The summed E-state index contributed by atoms with van der Waals surface area (Å²) in [7, 11) is 1.56. The second kappa shape index (κ2) is 9.79. The molecule has 7 rings (SSSR count). The standard InChI is InChI=1S/C32H25F2N5O/c1-40-29-17-36-31(39-32(29)37-22-8-10-35-11-9-22)21-12-20(30-24(14-21)23-4-2-3-5-28(23)38-30)13-25-26(33)15-19(16-27(25)34)18-6-7-18/h2-5,8-12,14-18,20H,6-7,13H2,1H3,(H,35,36,37,39). The van der Waals surface area contributed by atoms with Crippen LogP contribution >= 0.6 is 0 Å². The molecule has 2 aromatic heterocycles. The number of benzene rings is 2. The number of methoxy groups -OCH3 is 1. The molecule has 0 amide bonds. The Morgan fingerprint density at radius 2 is 1.80 bits per heavy atom. The van der Waals surface area contributed by atoms with E-state index in [4.69, 9.17) is 14.7 Å². The average molecular weight is 534 g/mol. The van der Waals surface area contributed by atoms with Crippen LogP contribution < -0.4 is 10.1 Å². The highest BCUT2D eigenvalue weighted by molar-refractivity contribution is 6.33. The van der Waals surface area contributed by atoms with Crippen molar-refractivity contribution in [3.05, 3.63) is 113 Å². The summed E-state index contributed by atoms with van der Waals surface area (Å²) in [5.74, 6) is 0.318. The first-order valence-corrected chi connectivity index (χ1v) is 13.3. The maximum absolute atomic E-state index is 15.3. The van der Waals surface area contributed by atoms with Crippen LogP contribution in [0.2, 0.25) is 0 Å². The second-order valence-electron chi connectivity index (χ2n) is 10.2. The van der Waals surface area contributed by atoms with E-state index in [1.165, 1.54) is 12.1 Å². The van der Waals surface area contributed by atoms with E-state index in [0.717, 1.165) is 52.2 Å². The molecule has 198 valence electrons. The van der Waals surface area contributed by atoms with Crippen LogP contribution in [0.25, 0.3) is 11.1 Å². The smallest absolute Gasteiger partial charge is 0.179 e. The van der Waals surface area contributed by atoms with Crippen LogP contribution in [-0.2, 0) is 6.42 Å². The Bertz CT molecular complexity index is 1700. The van der Waals surface area contributed by atoms with Gasteiger partial charge in [0.05, 0.1) is 24.7 Å². The van der Waals surface area contributed by atoms with Crippen molar-refractivity contribution in [1.82, 2.24) is 15.0 Å². The lowest BCUT2D eigenvalue weighted by atomic mass is 9.82. The van der Waals surface area contributed by atoms with Gasteiger partial charge in [-0.05, 0) is 67.2 Å². The highest BCUT2D eigenvalue weighted by Gasteiger charge is 2.33. The molecule has 1 unspecified atom stereocenters. The zero-order valence-electron chi connectivity index (χ0n) is 21.7. The summed E-state index contributed by atoms with van der Waals surface area (Å²) in [6.07, 6.45) is 11.0. The van der Waals surface area contributed by atoms with Crippen LogP contribution in [0.1, 0.15) is 41.3 Å². The summed E-state index contributed by atoms with van der Waals surface area (Å²) in [6.45, 7) is 0. The number of hydrogen-bond donors (Lipinski definition) is 1. The first-order valence-electron chi connectivity index (χ1n) is 13.3. The zero-order valence-corrected chi connectivity index (χ0v) is 21.7. The highest BCUT2D eigenvalue weighted by atomic mass is 19.1. The molecule has 3 aliphatic rings. The van der Waals surface area contributed by atoms with Crippen LogP contribution in [0.15, 0.2) is 84.3 Å². The van der Waals surface area contributed by atoms with Crippen molar-refractivity contribution in [2.45, 2.75) is 25.2 Å². The first-order chi connectivity index (χ1) is 19.6. The summed E-state index contributed by atoms with van der Waals surface area (Å²) in [5, 5.41) is 3.26. The number of halogens is 2. The van der Waals surface area contributed by atoms with E-state index in [2.05, 4.69) is 15.3 Å². The average Bonchev–Trinajstić information content (AvgIpc) is 3.76. The third kappa shape index (κ3) is 4.45. The predicted octanol–water partition coefficient (Wildman–Crippen LogP) is 7.21. The molecule has 3 heterocycles. The molecule has 0 radical (unpaired) electrons. The maximum atomic E-state index is 15.3. The van der Waals surface area contributed by atoms with Gasteiger partial charge in [0.2, 0.25) is 0 Å². The molecule has 1 saturated carbocycles. The van der Waals surface area contributed by atoms with Crippen molar-refractivity contribution in [2.75, 3.05) is 12.4 Å². The molecule has 0 saturated heterocycles. The van der Waals surface area contributed by atoms with Crippen molar-refractivity contribution in [3.8, 4) is 5.75 Å². The fraction of sp³-hybridized carbons (Fsp3) is 0.188. The number of rotatable bonds is 7. The van der Waals surface area contributed by atoms with Gasteiger partial charge in [0, 0.05) is 46.3 Å². The molecule has 2 aromatic carbocycles. The topological polar surface area (TPSA) is 72.3 Å². The Hall–Kier alpha value is -4.72. The zero-order chi connectivity index (χ0) is 27.2. The summed E-state index contributed by atoms with van der Waals surface area (Å²) < 4.78 is 36.0. The van der Waals surface area contributed by atoms with E-state index in [9.17, 15) is 0 Å². The van der Waals surface area contributed by atoms with Gasteiger partial charge in [-0.15, -0.1) is 0 Å². The first kappa shape index (κ1) is 24.3. The van der Waals surface area contributed by atoms with E-state index < -0.39 is 11.6 Å². The van der Waals surface area contributed by atoms with E-state index >= 15 is 8.78 Å². The van der Waals surface area contributed by atoms with Crippen molar-refractivity contribution < 1.29 is 13.5 Å². The summed E-state index contributed by atoms with van der Waals surface area (Å²) in [5.41, 5.74) is 5.87. The molecule has 4 aromatic rings. The third-order valence-corrected chi connectivity index (χ3v) is 7.56. The van der Waals surface area contributed by atoms with Gasteiger partial charge < -0.3 is 10.1 Å². The molecule has 1 fully saturated rings. The molecule has 2 aliphatic carbocycles. The highest BCUT2D eigenvalue weighted by Crippen LogP contribution is 2.44. The number of allylic oxidation sites excluding steroid dienone is 4. The summed E-state index contributed by atoms with van der Waals surface area (Å²) in [6, 6.07) is 14.5. The van der Waals surface area contributed by atoms with Crippen molar-refractivity contribution in [2.24, 2.45) is 10.9 Å². The minimum atomic E-state index is -0.506. The number of fused-ring (bicyclic) bond motifs is 3. The van der Waals surface area contributed by atoms with E-state index in [-0.39, 0.29) is 23.8 Å². The number of anilines is 2. The Morgan fingerprint density at radius 1 is 1.02 bits per heavy atom. The van der Waals surface area contributed by atoms with Gasteiger partial charge in [-0.25, -0.2) is 18.7 Å².